The van der Waals surface area contributed by atoms with Gasteiger partial charge in [0.15, 0.2) is 0 Å². The molecule has 188 valence electrons. The molecule has 6 heteroatoms. The minimum atomic E-state index is -0.0526. The van der Waals surface area contributed by atoms with Crippen LogP contribution in [0.5, 0.6) is 5.75 Å². The molecule has 1 atom stereocenters. The third-order valence-electron chi connectivity index (χ3n) is 7.18. The second-order valence-corrected chi connectivity index (χ2v) is 11.2. The van der Waals surface area contributed by atoms with Crippen molar-refractivity contribution in [2.24, 2.45) is 5.41 Å². The number of likely N-dealkylation sites (tertiary alicyclic amines) is 1. The van der Waals surface area contributed by atoms with Crippen LogP contribution in [0.4, 0.5) is 0 Å². The Morgan fingerprint density at radius 2 is 1.92 bits per heavy atom. The number of hydrogen-bond donors (Lipinski definition) is 2. The van der Waals surface area contributed by atoms with Crippen LogP contribution in [0, 0.1) is 5.41 Å². The summed E-state index contributed by atoms with van der Waals surface area (Å²) in [4.78, 5) is 15.1. The van der Waals surface area contributed by atoms with E-state index in [0.29, 0.717) is 18.2 Å². The fraction of sp³-hybridized carbons (Fsp3) is 0.400. The summed E-state index contributed by atoms with van der Waals surface area (Å²) in [7, 11) is 2.17. The van der Waals surface area contributed by atoms with Crippen LogP contribution in [-0.4, -0.2) is 53.8 Å². The van der Waals surface area contributed by atoms with Crippen LogP contribution in [0.1, 0.15) is 50.4 Å². The maximum atomic E-state index is 12.7. The van der Waals surface area contributed by atoms with E-state index in [4.69, 9.17) is 4.74 Å². The van der Waals surface area contributed by atoms with E-state index in [9.17, 15) is 4.79 Å². The average molecular weight is 485 g/mol. The van der Waals surface area contributed by atoms with Crippen molar-refractivity contribution in [3.8, 4) is 17.0 Å². The second kappa shape index (κ2) is 9.94. The highest BCUT2D eigenvalue weighted by atomic mass is 16.5. The third kappa shape index (κ3) is 5.39. The highest BCUT2D eigenvalue weighted by molar-refractivity contribution is 6.02. The Kier molecular flexibility index (Phi) is 6.71. The normalized spacial score (nSPS) is 16.6. The molecule has 5 rings (SSSR count). The van der Waals surface area contributed by atoms with Crippen molar-refractivity contribution < 1.29 is 9.53 Å². The molecule has 0 saturated carbocycles. The van der Waals surface area contributed by atoms with Gasteiger partial charge in [-0.15, -0.1) is 0 Å². The molecule has 1 fully saturated rings. The molecule has 3 aromatic carbocycles. The molecule has 36 heavy (non-hydrogen) atoms. The molecule has 2 heterocycles. The van der Waals surface area contributed by atoms with Crippen LogP contribution in [0.2, 0.25) is 0 Å². The van der Waals surface area contributed by atoms with Crippen LogP contribution in [-0.2, 0) is 0 Å². The van der Waals surface area contributed by atoms with Crippen molar-refractivity contribution in [2.75, 3.05) is 26.7 Å². The standard InChI is InChI=1S/C30H36N4O2/c1-30(2,3)13-14-31-29(35)23-10-12-27-26(18-23)28(33-32-27)22-8-7-21-17-25(11-9-20(21)16-22)36-19-24-6-5-15-34(24)4/h7-12,16-18,24H,5-6,13-15,19H2,1-4H3,(H,31,35)(H,32,33)/t24-/m0/s1. The van der Waals surface area contributed by atoms with Gasteiger partial charge in [0.05, 0.1) is 11.2 Å². The van der Waals surface area contributed by atoms with E-state index in [1.54, 1.807) is 0 Å². The summed E-state index contributed by atoms with van der Waals surface area (Å²) in [6, 6.07) is 18.8. The van der Waals surface area contributed by atoms with Gasteiger partial charge in [-0.3, -0.25) is 9.89 Å². The van der Waals surface area contributed by atoms with Crippen molar-refractivity contribution in [1.82, 2.24) is 20.4 Å². The first-order valence-electron chi connectivity index (χ1n) is 12.9. The Bertz CT molecular complexity index is 1380. The first-order valence-corrected chi connectivity index (χ1v) is 12.9. The predicted octanol–water partition coefficient (Wildman–Crippen LogP) is 6.02. The molecule has 4 aromatic rings. The number of rotatable bonds is 7. The van der Waals surface area contributed by atoms with Gasteiger partial charge in [0, 0.05) is 29.1 Å². The molecule has 0 aliphatic carbocycles. The van der Waals surface area contributed by atoms with E-state index >= 15 is 0 Å². The van der Waals surface area contributed by atoms with Crippen LogP contribution in [0.25, 0.3) is 32.9 Å². The number of nitrogens with one attached hydrogen (secondary N) is 2. The quantitative estimate of drug-likeness (QED) is 0.336. The topological polar surface area (TPSA) is 70.2 Å². The fourth-order valence-corrected chi connectivity index (χ4v) is 4.87. The number of H-pyrrole nitrogens is 1. The van der Waals surface area contributed by atoms with Gasteiger partial charge in [0.25, 0.3) is 5.91 Å². The fourth-order valence-electron chi connectivity index (χ4n) is 4.87. The number of fused-ring (bicyclic) bond motifs is 2. The molecule has 0 bridgehead atoms. The molecule has 2 N–H and O–H groups in total. The number of aromatic amines is 1. The number of carbonyl (C=O) groups excluding carboxylic acids is 1. The molecule has 0 spiro atoms. The second-order valence-electron chi connectivity index (χ2n) is 11.2. The lowest BCUT2D eigenvalue weighted by atomic mass is 9.92. The summed E-state index contributed by atoms with van der Waals surface area (Å²) >= 11 is 0. The van der Waals surface area contributed by atoms with Gasteiger partial charge in [-0.05, 0) is 85.4 Å². The van der Waals surface area contributed by atoms with Gasteiger partial charge in [-0.1, -0.05) is 39.0 Å². The lowest BCUT2D eigenvalue weighted by molar-refractivity contribution is 0.0949. The van der Waals surface area contributed by atoms with E-state index in [1.807, 2.05) is 24.3 Å². The minimum Gasteiger partial charge on any atom is -0.492 e. The van der Waals surface area contributed by atoms with Gasteiger partial charge in [-0.2, -0.15) is 5.10 Å². The van der Waals surface area contributed by atoms with Gasteiger partial charge in [-0.25, -0.2) is 0 Å². The van der Waals surface area contributed by atoms with Crippen molar-refractivity contribution >= 4 is 27.6 Å². The molecule has 1 saturated heterocycles. The molecule has 6 nitrogen and oxygen atoms in total. The summed E-state index contributed by atoms with van der Waals surface area (Å²) in [5.74, 6) is 0.853. The van der Waals surface area contributed by atoms with E-state index in [1.165, 1.54) is 12.8 Å². The van der Waals surface area contributed by atoms with Crippen molar-refractivity contribution in [2.45, 2.75) is 46.1 Å². The molecule has 1 amide bonds. The largest absolute Gasteiger partial charge is 0.492 e. The maximum absolute atomic E-state index is 12.7. The number of amides is 1. The Hall–Kier alpha value is -3.38. The van der Waals surface area contributed by atoms with Crippen LogP contribution in [0.3, 0.4) is 0 Å². The number of benzene rings is 3. The van der Waals surface area contributed by atoms with Crippen molar-refractivity contribution in [3.05, 3.63) is 60.2 Å². The van der Waals surface area contributed by atoms with Crippen LogP contribution >= 0.6 is 0 Å². The predicted molar refractivity (Wildman–Crippen MR) is 147 cm³/mol. The zero-order chi connectivity index (χ0) is 25.3. The lowest BCUT2D eigenvalue weighted by Gasteiger charge is -2.19. The number of hydrogen-bond acceptors (Lipinski definition) is 4. The van der Waals surface area contributed by atoms with Crippen LogP contribution < -0.4 is 10.1 Å². The number of aromatic nitrogens is 2. The Balaban J connectivity index is 1.34. The molecule has 1 aromatic heterocycles. The highest BCUT2D eigenvalue weighted by Gasteiger charge is 2.21. The molecule has 0 unspecified atom stereocenters. The van der Waals surface area contributed by atoms with E-state index in [0.717, 1.165) is 58.3 Å². The number of nitrogens with zero attached hydrogens (tertiary/aromatic N) is 2. The average Bonchev–Trinajstić information content (AvgIpc) is 3.46. The smallest absolute Gasteiger partial charge is 0.251 e. The Labute approximate surface area is 213 Å². The number of likely N-dealkylation sites (N-methyl/N-ethyl adjacent to an activating group) is 1. The number of ether oxygens (including phenoxy) is 1. The zero-order valence-electron chi connectivity index (χ0n) is 21.7. The molecular weight excluding hydrogens is 448 g/mol. The van der Waals surface area contributed by atoms with Crippen molar-refractivity contribution in [1.29, 1.82) is 0 Å². The summed E-state index contributed by atoms with van der Waals surface area (Å²) in [6.07, 6.45) is 3.38. The Morgan fingerprint density at radius 3 is 2.69 bits per heavy atom. The van der Waals surface area contributed by atoms with Gasteiger partial charge >= 0.3 is 0 Å². The SMILES string of the molecule is CN1CCC[C@H]1COc1ccc2cc(-c3n[nH]c4ccc(C(=O)NCCC(C)(C)C)cc34)ccc2c1. The molecule has 0 radical (unpaired) electrons. The van der Waals surface area contributed by atoms with Crippen molar-refractivity contribution in [3.63, 3.8) is 0 Å². The summed E-state index contributed by atoms with van der Waals surface area (Å²) in [5.41, 5.74) is 3.61. The van der Waals surface area contributed by atoms with Gasteiger partial charge in [0.1, 0.15) is 12.4 Å². The number of carbonyl (C=O) groups is 1. The first-order chi connectivity index (χ1) is 17.3. The summed E-state index contributed by atoms with van der Waals surface area (Å²) in [5, 5.41) is 13.9. The molecule has 1 aliphatic rings. The van der Waals surface area contributed by atoms with Gasteiger partial charge in [0.2, 0.25) is 0 Å². The van der Waals surface area contributed by atoms with Crippen LogP contribution in [0.15, 0.2) is 54.6 Å². The van der Waals surface area contributed by atoms with E-state index < -0.39 is 0 Å². The minimum absolute atomic E-state index is 0.0526. The first kappa shape index (κ1) is 24.3. The zero-order valence-corrected chi connectivity index (χ0v) is 21.7. The lowest BCUT2D eigenvalue weighted by Crippen LogP contribution is -2.30. The highest BCUT2D eigenvalue weighted by Crippen LogP contribution is 2.31. The van der Waals surface area contributed by atoms with E-state index in [2.05, 4.69) is 78.6 Å². The van der Waals surface area contributed by atoms with E-state index in [-0.39, 0.29) is 11.3 Å². The third-order valence-corrected chi connectivity index (χ3v) is 7.18. The maximum Gasteiger partial charge on any atom is 0.251 e. The molecule has 1 aliphatic heterocycles. The molecular formula is C30H36N4O2. The summed E-state index contributed by atoms with van der Waals surface area (Å²) in [6.45, 7) is 9.07. The van der Waals surface area contributed by atoms with Gasteiger partial charge < -0.3 is 15.0 Å². The Morgan fingerprint density at radius 1 is 1.11 bits per heavy atom. The monoisotopic (exact) mass is 484 g/mol. The summed E-state index contributed by atoms with van der Waals surface area (Å²) < 4.78 is 6.11.